The van der Waals surface area contributed by atoms with E-state index in [9.17, 15) is 9.90 Å². The van der Waals surface area contributed by atoms with Crippen LogP contribution in [0.3, 0.4) is 0 Å². The van der Waals surface area contributed by atoms with Gasteiger partial charge in [-0.1, -0.05) is 35.8 Å². The number of halogens is 1. The van der Waals surface area contributed by atoms with E-state index in [0.717, 1.165) is 56.9 Å². The number of nitrogens with zero attached hydrogens (tertiary/aromatic N) is 4. The van der Waals surface area contributed by atoms with Gasteiger partial charge in [0.25, 0.3) is 0 Å². The molecule has 0 fully saturated rings. The smallest absolute Gasteiger partial charge is 0.337 e. The van der Waals surface area contributed by atoms with Gasteiger partial charge in [-0.2, -0.15) is 0 Å². The van der Waals surface area contributed by atoms with Crippen molar-refractivity contribution in [3.05, 3.63) is 88.8 Å². The molecule has 35 heavy (non-hydrogen) atoms. The highest BCUT2D eigenvalue weighted by Gasteiger charge is 2.22. The number of aryl methyl sites for hydroxylation is 2. The lowest BCUT2D eigenvalue weighted by molar-refractivity contribution is 0.0697. The second-order valence-electron chi connectivity index (χ2n) is 8.42. The zero-order valence-corrected chi connectivity index (χ0v) is 20.2. The minimum Gasteiger partial charge on any atom is -0.478 e. The Morgan fingerprint density at radius 3 is 2.60 bits per heavy atom. The Kier molecular flexibility index (Phi) is 5.86. The standard InChI is InChI=1S/C27H23ClN4O3/c1-4-23(22-7-5-6-10-29-22)32-14-20(17-8-9-19(27(33)34)21(28)11-17)26-24(32)12-18(13-30-26)25-15(2)31-35-16(25)3/h5-14,23H,4H2,1-3H3,(H,33,34)/t23-/m0/s1. The van der Waals surface area contributed by atoms with Gasteiger partial charge in [0.2, 0.25) is 0 Å². The molecule has 0 aliphatic heterocycles. The highest BCUT2D eigenvalue weighted by molar-refractivity contribution is 6.33. The number of carboxylic acids is 1. The lowest BCUT2D eigenvalue weighted by atomic mass is 10.0. The monoisotopic (exact) mass is 486 g/mol. The first-order valence-corrected chi connectivity index (χ1v) is 11.6. The fraction of sp³-hybridized carbons (Fsp3) is 0.185. The van der Waals surface area contributed by atoms with Crippen molar-refractivity contribution in [2.45, 2.75) is 33.2 Å². The van der Waals surface area contributed by atoms with E-state index in [1.54, 1.807) is 18.3 Å². The molecule has 1 aromatic carbocycles. The maximum atomic E-state index is 11.5. The minimum absolute atomic E-state index is 0.0251. The van der Waals surface area contributed by atoms with Crippen LogP contribution in [0.1, 0.15) is 46.9 Å². The predicted molar refractivity (Wildman–Crippen MR) is 135 cm³/mol. The van der Waals surface area contributed by atoms with Gasteiger partial charge in [-0.15, -0.1) is 0 Å². The largest absolute Gasteiger partial charge is 0.478 e. The SMILES string of the molecule is CC[C@@H](c1ccccn1)n1cc(-c2ccc(C(=O)O)c(Cl)c2)c2ncc(-c3c(C)noc3C)cc21. The Bertz CT molecular complexity index is 1540. The third kappa shape index (κ3) is 3.98. The Hall–Kier alpha value is -3.97. The molecule has 7 nitrogen and oxygen atoms in total. The topological polar surface area (TPSA) is 94.0 Å². The van der Waals surface area contributed by atoms with E-state index in [0.29, 0.717) is 0 Å². The van der Waals surface area contributed by atoms with E-state index in [1.165, 1.54) is 6.07 Å². The van der Waals surface area contributed by atoms with E-state index in [1.807, 2.05) is 44.4 Å². The van der Waals surface area contributed by atoms with Gasteiger partial charge in [0.15, 0.2) is 0 Å². The van der Waals surface area contributed by atoms with E-state index >= 15 is 0 Å². The first-order valence-electron chi connectivity index (χ1n) is 11.3. The molecule has 8 heteroatoms. The number of carbonyl (C=O) groups is 1. The van der Waals surface area contributed by atoms with Crippen LogP contribution in [0.15, 0.2) is 65.6 Å². The first kappa shape index (κ1) is 22.8. The van der Waals surface area contributed by atoms with Gasteiger partial charge in [0.05, 0.1) is 39.0 Å². The van der Waals surface area contributed by atoms with E-state index in [2.05, 4.69) is 27.7 Å². The number of hydrogen-bond donors (Lipinski definition) is 1. The lowest BCUT2D eigenvalue weighted by Gasteiger charge is -2.18. The van der Waals surface area contributed by atoms with Crippen LogP contribution in [0, 0.1) is 13.8 Å². The molecule has 1 N–H and O–H groups in total. The molecule has 4 heterocycles. The maximum absolute atomic E-state index is 11.5. The van der Waals surface area contributed by atoms with Gasteiger partial charge in [-0.25, -0.2) is 4.79 Å². The maximum Gasteiger partial charge on any atom is 0.337 e. The van der Waals surface area contributed by atoms with E-state index in [-0.39, 0.29) is 16.6 Å². The van der Waals surface area contributed by atoms with Crippen molar-refractivity contribution in [2.24, 2.45) is 0 Å². The van der Waals surface area contributed by atoms with E-state index < -0.39 is 5.97 Å². The average molecular weight is 487 g/mol. The quantitative estimate of drug-likeness (QED) is 0.286. The van der Waals surface area contributed by atoms with Gasteiger partial charge in [0.1, 0.15) is 5.76 Å². The van der Waals surface area contributed by atoms with Gasteiger partial charge < -0.3 is 14.2 Å². The van der Waals surface area contributed by atoms with Crippen LogP contribution < -0.4 is 0 Å². The summed E-state index contributed by atoms with van der Waals surface area (Å²) >= 11 is 6.31. The van der Waals surface area contributed by atoms with Crippen molar-refractivity contribution in [3.63, 3.8) is 0 Å². The second-order valence-corrected chi connectivity index (χ2v) is 8.83. The predicted octanol–water partition coefficient (Wildman–Crippen LogP) is 6.72. The van der Waals surface area contributed by atoms with Crippen molar-refractivity contribution in [1.29, 1.82) is 0 Å². The number of hydrogen-bond acceptors (Lipinski definition) is 5. The van der Waals surface area contributed by atoms with Crippen molar-refractivity contribution in [2.75, 3.05) is 0 Å². The second kappa shape index (κ2) is 9.00. The number of rotatable bonds is 6. The molecule has 0 saturated carbocycles. The average Bonchev–Trinajstić information content (AvgIpc) is 3.39. The lowest BCUT2D eigenvalue weighted by Crippen LogP contribution is -2.10. The number of pyridine rings is 2. The van der Waals surface area contributed by atoms with Crippen LogP contribution in [0.5, 0.6) is 0 Å². The third-order valence-corrected chi connectivity index (χ3v) is 6.57. The van der Waals surface area contributed by atoms with Gasteiger partial charge in [-0.05, 0) is 56.2 Å². The van der Waals surface area contributed by atoms with Crippen LogP contribution in [0.4, 0.5) is 0 Å². The molecule has 0 saturated heterocycles. The molecule has 5 aromatic rings. The van der Waals surface area contributed by atoms with Crippen molar-refractivity contribution < 1.29 is 14.4 Å². The zero-order chi connectivity index (χ0) is 24.7. The Balaban J connectivity index is 1.76. The number of carboxylic acid groups (broad SMARTS) is 1. The molecule has 0 spiro atoms. The minimum atomic E-state index is -1.06. The Labute approximate surface area is 207 Å². The summed E-state index contributed by atoms with van der Waals surface area (Å²) in [4.78, 5) is 20.9. The van der Waals surface area contributed by atoms with Gasteiger partial charge >= 0.3 is 5.97 Å². The zero-order valence-electron chi connectivity index (χ0n) is 19.5. The summed E-state index contributed by atoms with van der Waals surface area (Å²) in [6.07, 6.45) is 6.47. The molecule has 1 atom stereocenters. The van der Waals surface area contributed by atoms with Crippen molar-refractivity contribution >= 4 is 28.6 Å². The van der Waals surface area contributed by atoms with Crippen LogP contribution in [0.25, 0.3) is 33.3 Å². The van der Waals surface area contributed by atoms with Gasteiger partial charge in [0, 0.05) is 35.3 Å². The van der Waals surface area contributed by atoms with Crippen molar-refractivity contribution in [3.8, 4) is 22.3 Å². The fourth-order valence-corrected chi connectivity index (χ4v) is 4.87. The Morgan fingerprint density at radius 1 is 1.14 bits per heavy atom. The molecular formula is C27H23ClN4O3. The highest BCUT2D eigenvalue weighted by atomic mass is 35.5. The molecule has 0 radical (unpaired) electrons. The molecule has 0 aliphatic carbocycles. The summed E-state index contributed by atoms with van der Waals surface area (Å²) in [7, 11) is 0. The van der Waals surface area contributed by atoms with Crippen molar-refractivity contribution in [1.82, 2.24) is 19.7 Å². The fourth-order valence-electron chi connectivity index (χ4n) is 4.61. The van der Waals surface area contributed by atoms with Crippen LogP contribution in [-0.2, 0) is 0 Å². The van der Waals surface area contributed by atoms with Gasteiger partial charge in [-0.3, -0.25) is 9.97 Å². The molecule has 0 unspecified atom stereocenters. The molecule has 0 aliphatic rings. The number of benzene rings is 1. The molecule has 0 amide bonds. The van der Waals surface area contributed by atoms with E-state index in [4.69, 9.17) is 21.1 Å². The molecule has 4 aromatic heterocycles. The molecular weight excluding hydrogens is 464 g/mol. The number of aromatic carboxylic acids is 1. The normalized spacial score (nSPS) is 12.2. The number of aromatic nitrogens is 4. The van der Waals surface area contributed by atoms with Crippen LogP contribution in [-0.4, -0.2) is 30.8 Å². The molecule has 5 rings (SSSR count). The Morgan fingerprint density at radius 2 is 1.97 bits per heavy atom. The van der Waals surface area contributed by atoms with Crippen LogP contribution >= 0.6 is 11.6 Å². The molecule has 0 bridgehead atoms. The highest BCUT2D eigenvalue weighted by Crippen LogP contribution is 2.38. The summed E-state index contributed by atoms with van der Waals surface area (Å²) in [6.45, 7) is 5.92. The summed E-state index contributed by atoms with van der Waals surface area (Å²) in [5.41, 5.74) is 7.00. The first-order chi connectivity index (χ1) is 16.9. The molecule has 176 valence electrons. The number of fused-ring (bicyclic) bond motifs is 1. The van der Waals surface area contributed by atoms with Crippen LogP contribution in [0.2, 0.25) is 5.02 Å². The summed E-state index contributed by atoms with van der Waals surface area (Å²) in [5.74, 6) is -0.331. The summed E-state index contributed by atoms with van der Waals surface area (Å²) in [6, 6.07) is 12.9. The summed E-state index contributed by atoms with van der Waals surface area (Å²) in [5, 5.41) is 13.7. The summed E-state index contributed by atoms with van der Waals surface area (Å²) < 4.78 is 7.57. The third-order valence-electron chi connectivity index (χ3n) is 6.25.